The van der Waals surface area contributed by atoms with Crippen LogP contribution in [0, 0.1) is 16.7 Å². The second-order valence-corrected chi connectivity index (χ2v) is 5.80. The van der Waals surface area contributed by atoms with Crippen LogP contribution >= 0.6 is 0 Å². The maximum atomic E-state index is 12.3. The summed E-state index contributed by atoms with van der Waals surface area (Å²) in [6.45, 7) is 1.40. The van der Waals surface area contributed by atoms with Crippen LogP contribution in [0.5, 0.6) is 0 Å². The summed E-state index contributed by atoms with van der Waals surface area (Å²) < 4.78 is 0. The van der Waals surface area contributed by atoms with Gasteiger partial charge in [0.25, 0.3) is 0 Å². The van der Waals surface area contributed by atoms with Gasteiger partial charge in [0.1, 0.15) is 11.2 Å². The molecule has 0 aromatic carbocycles. The molecule has 0 unspecified atom stereocenters. The van der Waals surface area contributed by atoms with E-state index in [2.05, 4.69) is 21.4 Å². The minimum absolute atomic E-state index is 0.0245. The highest BCUT2D eigenvalue weighted by atomic mass is 16.2. The lowest BCUT2D eigenvalue weighted by Crippen LogP contribution is -2.42. The van der Waals surface area contributed by atoms with Crippen molar-refractivity contribution < 1.29 is 4.79 Å². The SMILES string of the molecule is CNc1nccnc1C1CCN(C(=O)C2(C#N)CC2)CC1. The molecule has 0 spiro atoms. The summed E-state index contributed by atoms with van der Waals surface area (Å²) in [5, 5.41) is 12.2. The third kappa shape index (κ3) is 2.44. The number of aromatic nitrogens is 2. The molecule has 0 radical (unpaired) electrons. The number of hydrogen-bond acceptors (Lipinski definition) is 5. The molecule has 2 fully saturated rings. The van der Waals surface area contributed by atoms with E-state index in [0.29, 0.717) is 19.0 Å². The lowest BCUT2D eigenvalue weighted by molar-refractivity contribution is -0.136. The van der Waals surface area contributed by atoms with Crippen molar-refractivity contribution in [3.05, 3.63) is 18.1 Å². The van der Waals surface area contributed by atoms with E-state index in [1.807, 2.05) is 11.9 Å². The Bertz CT molecular complexity index is 582. The van der Waals surface area contributed by atoms with E-state index in [9.17, 15) is 4.79 Å². The van der Waals surface area contributed by atoms with E-state index in [1.54, 1.807) is 12.4 Å². The zero-order chi connectivity index (χ0) is 14.9. The average Bonchev–Trinajstić information content (AvgIpc) is 3.35. The minimum Gasteiger partial charge on any atom is -0.372 e. The Morgan fingerprint density at radius 2 is 2.05 bits per heavy atom. The van der Waals surface area contributed by atoms with Crippen molar-refractivity contribution in [1.82, 2.24) is 14.9 Å². The number of piperidine rings is 1. The van der Waals surface area contributed by atoms with E-state index in [4.69, 9.17) is 5.26 Å². The second-order valence-electron chi connectivity index (χ2n) is 5.80. The van der Waals surface area contributed by atoms with Crippen LogP contribution in [-0.4, -0.2) is 40.9 Å². The number of nitriles is 1. The van der Waals surface area contributed by atoms with Crippen molar-refractivity contribution in [3.63, 3.8) is 0 Å². The Labute approximate surface area is 124 Å². The number of likely N-dealkylation sites (tertiary alicyclic amines) is 1. The van der Waals surface area contributed by atoms with Crippen LogP contribution in [-0.2, 0) is 4.79 Å². The zero-order valence-corrected chi connectivity index (χ0v) is 12.2. The maximum absolute atomic E-state index is 12.3. The Kier molecular flexibility index (Phi) is 3.50. The molecule has 1 N–H and O–H groups in total. The normalized spacial score (nSPS) is 20.7. The Morgan fingerprint density at radius 1 is 1.38 bits per heavy atom. The first-order valence-corrected chi connectivity index (χ1v) is 7.39. The molecule has 1 amide bonds. The van der Waals surface area contributed by atoms with Crippen LogP contribution < -0.4 is 5.32 Å². The average molecular weight is 285 g/mol. The number of nitrogens with zero attached hydrogens (tertiary/aromatic N) is 4. The summed E-state index contributed by atoms with van der Waals surface area (Å²) in [5.41, 5.74) is 0.281. The molecule has 6 nitrogen and oxygen atoms in total. The van der Waals surface area contributed by atoms with Gasteiger partial charge in [-0.3, -0.25) is 9.78 Å². The van der Waals surface area contributed by atoms with Gasteiger partial charge in [-0.15, -0.1) is 0 Å². The predicted molar refractivity (Wildman–Crippen MR) is 77.4 cm³/mol. The number of hydrogen-bond donors (Lipinski definition) is 1. The van der Waals surface area contributed by atoms with Crippen LogP contribution in [0.15, 0.2) is 12.4 Å². The van der Waals surface area contributed by atoms with Gasteiger partial charge >= 0.3 is 0 Å². The summed E-state index contributed by atoms with van der Waals surface area (Å²) in [6, 6.07) is 2.19. The second kappa shape index (κ2) is 5.32. The van der Waals surface area contributed by atoms with E-state index in [0.717, 1.165) is 37.2 Å². The summed E-state index contributed by atoms with van der Waals surface area (Å²) in [6.07, 6.45) is 6.58. The zero-order valence-electron chi connectivity index (χ0n) is 12.2. The summed E-state index contributed by atoms with van der Waals surface area (Å²) in [7, 11) is 1.84. The molecule has 1 aliphatic carbocycles. The molecular weight excluding hydrogens is 266 g/mol. The number of carbonyl (C=O) groups excluding carboxylic acids is 1. The van der Waals surface area contributed by atoms with Gasteiger partial charge in [0.15, 0.2) is 0 Å². The predicted octanol–water partition coefficient (Wildman–Crippen LogP) is 1.53. The molecule has 2 heterocycles. The van der Waals surface area contributed by atoms with Crippen molar-refractivity contribution >= 4 is 11.7 Å². The number of nitrogens with one attached hydrogen (secondary N) is 1. The van der Waals surface area contributed by atoms with Gasteiger partial charge in [-0.2, -0.15) is 5.26 Å². The van der Waals surface area contributed by atoms with Crippen molar-refractivity contribution in [1.29, 1.82) is 5.26 Å². The third-order valence-corrected chi connectivity index (χ3v) is 4.51. The van der Waals surface area contributed by atoms with Gasteiger partial charge in [0, 0.05) is 38.4 Å². The highest BCUT2D eigenvalue weighted by Crippen LogP contribution is 2.47. The fraction of sp³-hybridized carbons (Fsp3) is 0.600. The molecule has 0 bridgehead atoms. The third-order valence-electron chi connectivity index (χ3n) is 4.51. The van der Waals surface area contributed by atoms with Gasteiger partial charge in [-0.25, -0.2) is 4.98 Å². The lowest BCUT2D eigenvalue weighted by atomic mass is 9.92. The monoisotopic (exact) mass is 285 g/mol. The Hall–Kier alpha value is -2.16. The number of carbonyl (C=O) groups is 1. The summed E-state index contributed by atoms with van der Waals surface area (Å²) in [5.74, 6) is 1.16. The first-order chi connectivity index (χ1) is 10.2. The van der Waals surface area contributed by atoms with Crippen molar-refractivity contribution in [3.8, 4) is 6.07 Å². The molecule has 1 aromatic heterocycles. The van der Waals surface area contributed by atoms with Crippen LogP contribution in [0.3, 0.4) is 0 Å². The van der Waals surface area contributed by atoms with Crippen molar-refractivity contribution in [2.45, 2.75) is 31.6 Å². The molecule has 0 atom stereocenters. The largest absolute Gasteiger partial charge is 0.372 e. The van der Waals surface area contributed by atoms with E-state index >= 15 is 0 Å². The molecule has 1 saturated carbocycles. The maximum Gasteiger partial charge on any atom is 0.243 e. The first kappa shape index (κ1) is 13.8. The van der Waals surface area contributed by atoms with Gasteiger partial charge in [0.2, 0.25) is 5.91 Å². The highest BCUT2D eigenvalue weighted by molar-refractivity contribution is 5.88. The smallest absolute Gasteiger partial charge is 0.243 e. The molecule has 2 aliphatic rings. The highest BCUT2D eigenvalue weighted by Gasteiger charge is 2.52. The van der Waals surface area contributed by atoms with E-state index in [1.165, 1.54) is 0 Å². The fourth-order valence-corrected chi connectivity index (χ4v) is 3.00. The molecular formula is C15H19N5O. The van der Waals surface area contributed by atoms with E-state index in [-0.39, 0.29) is 5.91 Å². The van der Waals surface area contributed by atoms with Gasteiger partial charge in [0.05, 0.1) is 11.8 Å². The van der Waals surface area contributed by atoms with Crippen LogP contribution in [0.2, 0.25) is 0 Å². The lowest BCUT2D eigenvalue weighted by Gasteiger charge is -2.33. The number of amides is 1. The molecule has 1 aromatic rings. The standard InChI is InChI=1S/C15H19N5O/c1-17-13-12(18-6-7-19-13)11-2-8-20(9-3-11)14(21)15(10-16)4-5-15/h6-7,11H,2-5,8-9H2,1H3,(H,17,19). The topological polar surface area (TPSA) is 81.9 Å². The van der Waals surface area contributed by atoms with E-state index < -0.39 is 5.41 Å². The fourth-order valence-electron chi connectivity index (χ4n) is 3.00. The van der Waals surface area contributed by atoms with Crippen molar-refractivity contribution in [2.75, 3.05) is 25.5 Å². The molecule has 6 heteroatoms. The molecule has 1 saturated heterocycles. The Balaban J connectivity index is 1.66. The van der Waals surface area contributed by atoms with Gasteiger partial charge < -0.3 is 10.2 Å². The number of anilines is 1. The van der Waals surface area contributed by atoms with Crippen molar-refractivity contribution in [2.24, 2.45) is 5.41 Å². The molecule has 110 valence electrons. The summed E-state index contributed by atoms with van der Waals surface area (Å²) in [4.78, 5) is 22.9. The van der Waals surface area contributed by atoms with Gasteiger partial charge in [-0.1, -0.05) is 0 Å². The summed E-state index contributed by atoms with van der Waals surface area (Å²) >= 11 is 0. The molecule has 3 rings (SSSR count). The van der Waals surface area contributed by atoms with Gasteiger partial charge in [-0.05, 0) is 25.7 Å². The minimum atomic E-state index is -0.699. The molecule has 1 aliphatic heterocycles. The Morgan fingerprint density at radius 3 is 2.62 bits per heavy atom. The van der Waals surface area contributed by atoms with Crippen LogP contribution in [0.4, 0.5) is 5.82 Å². The van der Waals surface area contributed by atoms with Crippen LogP contribution in [0.25, 0.3) is 0 Å². The van der Waals surface area contributed by atoms with Crippen LogP contribution in [0.1, 0.15) is 37.3 Å². The number of rotatable bonds is 3. The molecule has 21 heavy (non-hydrogen) atoms. The quantitative estimate of drug-likeness (QED) is 0.910. The first-order valence-electron chi connectivity index (χ1n) is 7.39.